The summed E-state index contributed by atoms with van der Waals surface area (Å²) in [5, 5.41) is 12.7. The molecule has 354 valence electrons. The van der Waals surface area contributed by atoms with E-state index in [4.69, 9.17) is 19.6 Å². The highest BCUT2D eigenvalue weighted by molar-refractivity contribution is 5.97. The first-order chi connectivity index (χ1) is 37.1. The summed E-state index contributed by atoms with van der Waals surface area (Å²) < 4.78 is 88.8. The fraction of sp³-hybridized carbons (Fsp3) is 0.273. The Morgan fingerprint density at radius 3 is 1.84 bits per heavy atom. The number of para-hydroxylation sites is 1. The zero-order valence-electron chi connectivity index (χ0n) is 52.5. The Morgan fingerprint density at radius 2 is 1.17 bits per heavy atom. The molecule has 2 heterocycles. The molecule has 0 spiro atoms. The Hall–Kier alpha value is -7.04. The minimum atomic E-state index is -2.86. The normalized spacial score (nSPS) is 14.9. The van der Waals surface area contributed by atoms with E-state index in [2.05, 4.69) is 126 Å². The summed E-state index contributed by atoms with van der Waals surface area (Å²) in [6.45, 7) is 19.8. The number of fused-ring (bicyclic) bond motifs is 1. The third kappa shape index (κ3) is 9.25. The van der Waals surface area contributed by atoms with Gasteiger partial charge in [-0.1, -0.05) is 192 Å². The number of nitrogens with zero attached hydrogens (tertiary/aromatic N) is 3. The van der Waals surface area contributed by atoms with Crippen LogP contribution in [0.1, 0.15) is 130 Å². The molecule has 0 saturated carbocycles. The molecule has 9 rings (SSSR count). The Bertz CT molecular complexity index is 3870. The minimum absolute atomic E-state index is 0.0417. The van der Waals surface area contributed by atoms with E-state index >= 15 is 0 Å². The van der Waals surface area contributed by atoms with Gasteiger partial charge < -0.3 is 5.11 Å². The summed E-state index contributed by atoms with van der Waals surface area (Å²) in [5.74, 6) is 0.394. The highest BCUT2D eigenvalue weighted by Crippen LogP contribution is 2.47. The molecule has 0 aliphatic rings. The van der Waals surface area contributed by atoms with Crippen LogP contribution in [0.3, 0.4) is 0 Å². The van der Waals surface area contributed by atoms with Crippen LogP contribution >= 0.6 is 0 Å². The quantitative estimate of drug-likeness (QED) is 0.173. The van der Waals surface area contributed by atoms with Gasteiger partial charge in [-0.25, -0.2) is 4.98 Å². The van der Waals surface area contributed by atoms with Crippen LogP contribution in [0.2, 0.25) is 0 Å². The van der Waals surface area contributed by atoms with Crippen LogP contribution in [0.5, 0.6) is 5.75 Å². The number of hydrogen-bond acceptors (Lipinski definition) is 3. The van der Waals surface area contributed by atoms with Gasteiger partial charge in [-0.3, -0.25) is 9.55 Å². The zero-order chi connectivity index (χ0) is 58.6. The second-order valence-electron chi connectivity index (χ2n) is 22.7. The predicted octanol–water partition coefficient (Wildman–Crippen LogP) is 17.9. The number of aryl methyl sites for hydroxylation is 1. The molecule has 4 heteroatoms. The summed E-state index contributed by atoms with van der Waals surface area (Å²) in [6, 6.07) is 39.1. The van der Waals surface area contributed by atoms with E-state index in [0.29, 0.717) is 50.5 Å². The third-order valence-corrected chi connectivity index (χ3v) is 13.3. The smallest absolute Gasteiger partial charge is 0.149 e. The van der Waals surface area contributed by atoms with Crippen molar-refractivity contribution in [3.63, 3.8) is 0 Å². The van der Waals surface area contributed by atoms with Gasteiger partial charge in [0.2, 0.25) is 0 Å². The molecule has 0 amide bonds. The van der Waals surface area contributed by atoms with E-state index in [1.807, 2.05) is 71.3 Å². The molecule has 0 unspecified atom stereocenters. The summed E-state index contributed by atoms with van der Waals surface area (Å²) >= 11 is 0. The molecule has 0 saturated heterocycles. The van der Waals surface area contributed by atoms with Crippen LogP contribution in [0.15, 0.2) is 158 Å². The molecule has 0 radical (unpaired) electrons. The van der Waals surface area contributed by atoms with Gasteiger partial charge in [0.1, 0.15) is 11.6 Å². The molecular weight excluding hydrogens is 851 g/mol. The predicted molar refractivity (Wildman–Crippen MR) is 297 cm³/mol. The van der Waals surface area contributed by atoms with Gasteiger partial charge >= 0.3 is 0 Å². The van der Waals surface area contributed by atoms with Crippen LogP contribution in [-0.2, 0) is 21.7 Å². The van der Waals surface area contributed by atoms with Crippen molar-refractivity contribution in [2.75, 3.05) is 0 Å². The van der Waals surface area contributed by atoms with Crippen molar-refractivity contribution < 1.29 is 18.8 Å². The van der Waals surface area contributed by atoms with Crippen LogP contribution < -0.4 is 0 Å². The Morgan fingerprint density at radius 1 is 0.500 bits per heavy atom. The van der Waals surface area contributed by atoms with E-state index in [1.54, 1.807) is 18.2 Å². The molecule has 0 fully saturated rings. The average Bonchev–Trinajstić information content (AvgIpc) is 3.76. The number of aromatic hydroxyl groups is 1. The molecule has 0 aliphatic carbocycles. The van der Waals surface area contributed by atoms with Crippen LogP contribution in [-0.4, -0.2) is 19.6 Å². The lowest BCUT2D eigenvalue weighted by Crippen LogP contribution is -2.17. The number of phenolic OH excluding ortho intramolecular Hbond substituents is 1. The van der Waals surface area contributed by atoms with Crippen molar-refractivity contribution in [3.05, 3.63) is 191 Å². The monoisotopic (exact) mass is 930 g/mol. The molecule has 0 atom stereocenters. The number of phenols is 1. The van der Waals surface area contributed by atoms with Crippen molar-refractivity contribution in [1.82, 2.24) is 14.5 Å². The zero-order valence-corrected chi connectivity index (χ0v) is 42.5. The van der Waals surface area contributed by atoms with Crippen LogP contribution in [0.25, 0.3) is 83.9 Å². The summed E-state index contributed by atoms with van der Waals surface area (Å²) in [6.07, 6.45) is 1.54. The molecule has 7 aromatic carbocycles. The number of pyridine rings is 1. The van der Waals surface area contributed by atoms with Gasteiger partial charge in [-0.05, 0) is 145 Å². The Labute approximate surface area is 431 Å². The fourth-order valence-electron chi connectivity index (χ4n) is 9.36. The highest BCUT2D eigenvalue weighted by atomic mass is 16.3. The number of aromatic nitrogens is 3. The summed E-state index contributed by atoms with van der Waals surface area (Å²) in [5.41, 5.74) is 10.1. The van der Waals surface area contributed by atoms with Gasteiger partial charge in [0, 0.05) is 31.1 Å². The number of hydrogen-bond donors (Lipinski definition) is 1. The van der Waals surface area contributed by atoms with Crippen molar-refractivity contribution in [3.8, 4) is 78.6 Å². The second-order valence-corrected chi connectivity index (χ2v) is 22.7. The lowest BCUT2D eigenvalue weighted by molar-refractivity contribution is 0.446. The first-order valence-corrected chi connectivity index (χ1v) is 24.0. The van der Waals surface area contributed by atoms with E-state index in [0.717, 1.165) is 50.1 Å². The van der Waals surface area contributed by atoms with Crippen molar-refractivity contribution in [1.29, 1.82) is 0 Å². The highest BCUT2D eigenvalue weighted by Gasteiger charge is 2.30. The number of imidazole rings is 1. The van der Waals surface area contributed by atoms with Crippen molar-refractivity contribution in [2.45, 2.75) is 118 Å². The van der Waals surface area contributed by atoms with E-state index in [-0.39, 0.29) is 27.7 Å². The number of benzene rings is 7. The van der Waals surface area contributed by atoms with Gasteiger partial charge in [-0.2, -0.15) is 0 Å². The number of rotatable bonds is 7. The third-order valence-electron chi connectivity index (χ3n) is 13.3. The maximum Gasteiger partial charge on any atom is 0.149 e. The molecule has 4 nitrogen and oxygen atoms in total. The first kappa shape index (κ1) is 36.9. The first-order valence-electron chi connectivity index (χ1n) is 29.0. The minimum Gasteiger partial charge on any atom is -0.507 e. The molecule has 0 aliphatic heterocycles. The lowest BCUT2D eigenvalue weighted by atomic mass is 9.78. The molecular formula is C66H69N3O. The van der Waals surface area contributed by atoms with E-state index < -0.39 is 54.3 Å². The van der Waals surface area contributed by atoms with Crippen LogP contribution in [0, 0.1) is 13.7 Å². The summed E-state index contributed by atoms with van der Waals surface area (Å²) in [4.78, 5) is 10.3. The molecule has 9 aromatic rings. The maximum atomic E-state index is 12.7. The SMILES string of the molecule is [2H]c1c([2H])c(C([2H])([2H])[2H])c([2H])c([2H])c1-c1ccnc(-c2cc(-c3cccc4c3nc(-c3cc(C(C)(C)C)cc(C(C)(C)C)c3O)n4-c3ccc(-c4c(-c5ccccc5)cccc4C(C)(C)C)cc3C([2H])([2H])[2H])cc(C(C)(C)C)c2)c1. The van der Waals surface area contributed by atoms with Crippen LogP contribution in [0.4, 0.5) is 0 Å². The standard InChI is InChI=1S/C66H69N3O/c1-41-26-28-43(29-27-41)45-32-33-67-56(38-45)48-35-47(36-49(37-48)63(3,4)5)52-23-19-25-58-60(52)68-62(53-39-50(64(6,7)8)40-55(61(53)70)66(12,13)14)69(58)57-31-30-46(34-42(57)2)59-51(44-20-16-15-17-21-44)22-18-24-54(59)65(9,10)11/h15-40,70H,1-14H3/i1D3,2D3,26D,27D,28D,29D. The van der Waals surface area contributed by atoms with Crippen molar-refractivity contribution >= 4 is 11.0 Å². The van der Waals surface area contributed by atoms with Crippen molar-refractivity contribution in [2.24, 2.45) is 0 Å². The second kappa shape index (κ2) is 17.7. The molecule has 1 N–H and O–H groups in total. The fourth-order valence-corrected chi connectivity index (χ4v) is 9.36. The van der Waals surface area contributed by atoms with Gasteiger partial charge in [-0.15, -0.1) is 0 Å². The molecule has 2 aromatic heterocycles. The molecule has 70 heavy (non-hydrogen) atoms. The topological polar surface area (TPSA) is 50.9 Å². The van der Waals surface area contributed by atoms with E-state index in [9.17, 15) is 9.22 Å². The Kier molecular flexibility index (Phi) is 9.34. The van der Waals surface area contributed by atoms with Gasteiger partial charge in [0.25, 0.3) is 0 Å². The van der Waals surface area contributed by atoms with Gasteiger partial charge in [0.15, 0.2) is 0 Å². The largest absolute Gasteiger partial charge is 0.507 e. The van der Waals surface area contributed by atoms with Gasteiger partial charge in [0.05, 0.1) is 33.5 Å². The maximum absolute atomic E-state index is 12.7. The Balaban J connectivity index is 1.35. The molecule has 0 bridgehead atoms. The summed E-state index contributed by atoms with van der Waals surface area (Å²) in [7, 11) is 0. The average molecular weight is 930 g/mol. The van der Waals surface area contributed by atoms with E-state index in [1.165, 1.54) is 6.20 Å². The lowest BCUT2D eigenvalue weighted by Gasteiger charge is -2.28.